The molecule has 1 aromatic heterocycles. The van der Waals surface area contributed by atoms with Gasteiger partial charge in [0.15, 0.2) is 11.0 Å². The molecule has 0 aliphatic heterocycles. The van der Waals surface area contributed by atoms with Crippen LogP contribution in [-0.4, -0.2) is 33.1 Å². The van der Waals surface area contributed by atoms with Gasteiger partial charge in [-0.1, -0.05) is 39.3 Å². The van der Waals surface area contributed by atoms with E-state index in [2.05, 4.69) is 26.1 Å². The van der Waals surface area contributed by atoms with Crippen LogP contribution in [0.15, 0.2) is 58.2 Å². The monoisotopic (exact) mass is 451 g/mol. The lowest BCUT2D eigenvalue weighted by atomic mass is 10.2. The molecule has 8 heteroatoms. The van der Waals surface area contributed by atoms with Gasteiger partial charge in [0, 0.05) is 20.7 Å². The maximum absolute atomic E-state index is 11.7. The first-order valence-electron chi connectivity index (χ1n) is 7.84. The Balaban J connectivity index is 2.00. The van der Waals surface area contributed by atoms with Crippen LogP contribution in [0, 0.1) is 0 Å². The average Bonchev–Trinajstić information content (AvgIpc) is 3.05. The number of esters is 1. The third-order valence-corrected chi connectivity index (χ3v) is 5.13. The van der Waals surface area contributed by atoms with Crippen molar-refractivity contribution in [1.82, 2.24) is 14.8 Å². The normalized spacial score (nSPS) is 10.7. The lowest BCUT2D eigenvalue weighted by Crippen LogP contribution is -2.08. The summed E-state index contributed by atoms with van der Waals surface area (Å²) in [6.07, 6.45) is 0. The molecule has 0 aliphatic carbocycles. The van der Waals surface area contributed by atoms with E-state index < -0.39 is 0 Å². The zero-order chi connectivity index (χ0) is 18.5. The van der Waals surface area contributed by atoms with Gasteiger partial charge in [-0.2, -0.15) is 0 Å². The minimum atomic E-state index is -0.282. The number of ether oxygens (including phenoxy) is 1. The van der Waals surface area contributed by atoms with Crippen LogP contribution in [0.1, 0.15) is 6.92 Å². The fourth-order valence-electron chi connectivity index (χ4n) is 2.30. The molecular formula is C18H15BrClN3O2S. The Bertz CT molecular complexity index is 898. The lowest BCUT2D eigenvalue weighted by molar-refractivity contribution is -0.139. The van der Waals surface area contributed by atoms with Crippen LogP contribution in [0.25, 0.3) is 17.1 Å². The molecule has 0 saturated heterocycles. The molecule has 5 nitrogen and oxygen atoms in total. The van der Waals surface area contributed by atoms with E-state index in [1.807, 2.05) is 53.1 Å². The average molecular weight is 453 g/mol. The highest BCUT2D eigenvalue weighted by molar-refractivity contribution is 9.10. The van der Waals surface area contributed by atoms with E-state index in [-0.39, 0.29) is 11.7 Å². The molecule has 0 bridgehead atoms. The number of aromatic nitrogens is 3. The van der Waals surface area contributed by atoms with Gasteiger partial charge >= 0.3 is 5.97 Å². The van der Waals surface area contributed by atoms with Crippen molar-refractivity contribution in [2.45, 2.75) is 12.1 Å². The number of hydrogen-bond acceptors (Lipinski definition) is 5. The first-order valence-corrected chi connectivity index (χ1v) is 10.00. The van der Waals surface area contributed by atoms with Gasteiger partial charge in [-0.25, -0.2) is 0 Å². The fourth-order valence-corrected chi connectivity index (χ4v) is 3.44. The predicted molar refractivity (Wildman–Crippen MR) is 107 cm³/mol. The van der Waals surface area contributed by atoms with Gasteiger partial charge in [-0.05, 0) is 55.5 Å². The van der Waals surface area contributed by atoms with Crippen LogP contribution in [0.2, 0.25) is 5.02 Å². The maximum atomic E-state index is 11.7. The Kier molecular flexibility index (Phi) is 6.34. The van der Waals surface area contributed by atoms with Gasteiger partial charge in [0.2, 0.25) is 0 Å². The van der Waals surface area contributed by atoms with Crippen LogP contribution >= 0.6 is 39.3 Å². The SMILES string of the molecule is CCOC(=O)CSc1nnc(-c2ccc(Cl)cc2)n1-c1ccc(Br)cc1. The molecule has 134 valence electrons. The van der Waals surface area contributed by atoms with Crippen molar-refractivity contribution in [3.63, 3.8) is 0 Å². The molecule has 0 aliphatic rings. The number of carbonyl (C=O) groups is 1. The molecule has 0 saturated carbocycles. The smallest absolute Gasteiger partial charge is 0.316 e. The third kappa shape index (κ3) is 4.47. The number of halogens is 2. The van der Waals surface area contributed by atoms with Crippen molar-refractivity contribution in [3.8, 4) is 17.1 Å². The van der Waals surface area contributed by atoms with Gasteiger partial charge in [-0.15, -0.1) is 10.2 Å². The van der Waals surface area contributed by atoms with Gasteiger partial charge in [0.25, 0.3) is 0 Å². The van der Waals surface area contributed by atoms with E-state index in [0.717, 1.165) is 15.7 Å². The van der Waals surface area contributed by atoms with E-state index in [1.54, 1.807) is 6.92 Å². The summed E-state index contributed by atoms with van der Waals surface area (Å²) in [5, 5.41) is 9.86. The number of benzene rings is 2. The number of hydrogen-bond donors (Lipinski definition) is 0. The third-order valence-electron chi connectivity index (χ3n) is 3.45. The first kappa shape index (κ1) is 18.9. The van der Waals surface area contributed by atoms with Gasteiger partial charge in [-0.3, -0.25) is 9.36 Å². The highest BCUT2D eigenvalue weighted by Crippen LogP contribution is 2.29. The molecule has 26 heavy (non-hydrogen) atoms. The fraction of sp³-hybridized carbons (Fsp3) is 0.167. The minimum Gasteiger partial charge on any atom is -0.465 e. The Morgan fingerprint density at radius 2 is 1.85 bits per heavy atom. The lowest BCUT2D eigenvalue weighted by Gasteiger charge is -2.10. The second-order valence-corrected chi connectivity index (χ2v) is 7.51. The number of carbonyl (C=O) groups excluding carboxylic acids is 1. The van der Waals surface area contributed by atoms with E-state index >= 15 is 0 Å². The molecule has 3 aromatic rings. The molecule has 2 aromatic carbocycles. The summed E-state index contributed by atoms with van der Waals surface area (Å²) < 4.78 is 7.88. The molecule has 0 radical (unpaired) electrons. The van der Waals surface area contributed by atoms with Crippen molar-refractivity contribution < 1.29 is 9.53 Å². The molecule has 0 N–H and O–H groups in total. The van der Waals surface area contributed by atoms with Crippen LogP contribution < -0.4 is 0 Å². The highest BCUT2D eigenvalue weighted by atomic mass is 79.9. The largest absolute Gasteiger partial charge is 0.465 e. The number of thioether (sulfide) groups is 1. The van der Waals surface area contributed by atoms with Gasteiger partial charge in [0.05, 0.1) is 12.4 Å². The summed E-state index contributed by atoms with van der Waals surface area (Å²) in [4.78, 5) is 11.7. The van der Waals surface area contributed by atoms with E-state index in [9.17, 15) is 4.79 Å². The Morgan fingerprint density at radius 1 is 1.15 bits per heavy atom. The molecule has 0 unspecified atom stereocenters. The van der Waals surface area contributed by atoms with Crippen LogP contribution in [0.4, 0.5) is 0 Å². The topological polar surface area (TPSA) is 57.0 Å². The second-order valence-electron chi connectivity index (χ2n) is 5.22. The number of rotatable bonds is 6. The van der Waals surface area contributed by atoms with Gasteiger partial charge in [0.1, 0.15) is 0 Å². The molecule has 0 fully saturated rings. The van der Waals surface area contributed by atoms with Crippen molar-refractivity contribution in [3.05, 3.63) is 58.0 Å². The summed E-state index contributed by atoms with van der Waals surface area (Å²) in [6, 6.07) is 15.2. The van der Waals surface area contributed by atoms with E-state index in [0.29, 0.717) is 22.6 Å². The van der Waals surface area contributed by atoms with Crippen LogP contribution in [0.3, 0.4) is 0 Å². The zero-order valence-corrected chi connectivity index (χ0v) is 17.0. The molecule has 1 heterocycles. The zero-order valence-electron chi connectivity index (χ0n) is 13.9. The van der Waals surface area contributed by atoms with Crippen molar-refractivity contribution in [2.24, 2.45) is 0 Å². The predicted octanol–water partition coefficient (Wildman–Crippen LogP) is 5.01. The van der Waals surface area contributed by atoms with Crippen molar-refractivity contribution in [2.75, 3.05) is 12.4 Å². The molecule has 0 amide bonds. The Hall–Kier alpha value is -1.83. The molecule has 0 atom stereocenters. The highest BCUT2D eigenvalue weighted by Gasteiger charge is 2.17. The summed E-state index contributed by atoms with van der Waals surface area (Å²) in [5.74, 6) is 0.564. The molecule has 3 rings (SSSR count). The van der Waals surface area contributed by atoms with Crippen molar-refractivity contribution in [1.29, 1.82) is 0 Å². The quantitative estimate of drug-likeness (QED) is 0.389. The van der Waals surface area contributed by atoms with E-state index in [1.165, 1.54) is 11.8 Å². The first-order chi connectivity index (χ1) is 12.6. The number of nitrogens with zero attached hydrogens (tertiary/aromatic N) is 3. The maximum Gasteiger partial charge on any atom is 0.316 e. The second kappa shape index (κ2) is 8.70. The summed E-state index contributed by atoms with van der Waals surface area (Å²) in [7, 11) is 0. The standard InChI is InChI=1S/C18H15BrClN3O2S/c1-2-25-16(24)11-26-18-22-21-17(12-3-7-14(20)8-4-12)23(18)15-9-5-13(19)6-10-15/h3-10H,2,11H2,1H3. The van der Waals surface area contributed by atoms with Crippen LogP contribution in [-0.2, 0) is 9.53 Å². The summed E-state index contributed by atoms with van der Waals surface area (Å²) in [5.41, 5.74) is 1.78. The summed E-state index contributed by atoms with van der Waals surface area (Å²) >= 11 is 10.7. The Morgan fingerprint density at radius 3 is 2.50 bits per heavy atom. The van der Waals surface area contributed by atoms with Crippen LogP contribution in [0.5, 0.6) is 0 Å². The minimum absolute atomic E-state index is 0.170. The van der Waals surface area contributed by atoms with Gasteiger partial charge < -0.3 is 4.74 Å². The Labute approximate surface area is 168 Å². The van der Waals surface area contributed by atoms with Crippen molar-refractivity contribution >= 4 is 45.3 Å². The summed E-state index contributed by atoms with van der Waals surface area (Å²) in [6.45, 7) is 2.14. The van der Waals surface area contributed by atoms with E-state index in [4.69, 9.17) is 16.3 Å². The molecule has 0 spiro atoms. The molecular weight excluding hydrogens is 438 g/mol.